The smallest absolute Gasteiger partial charge is 0.124 e. The molecule has 0 aliphatic carbocycles. The molecule has 118 valence electrons. The number of nitrogens with zero attached hydrogens (tertiary/aromatic N) is 1. The van der Waals surface area contributed by atoms with Gasteiger partial charge in [-0.2, -0.15) is 0 Å². The van der Waals surface area contributed by atoms with Gasteiger partial charge < -0.3 is 9.84 Å². The lowest BCUT2D eigenvalue weighted by atomic mass is 10.0. The second-order valence-electron chi connectivity index (χ2n) is 6.46. The van der Waals surface area contributed by atoms with Crippen LogP contribution in [0.3, 0.4) is 0 Å². The van der Waals surface area contributed by atoms with Crippen LogP contribution in [0.1, 0.15) is 32.3 Å². The van der Waals surface area contributed by atoms with Gasteiger partial charge in [0.1, 0.15) is 5.75 Å². The lowest BCUT2D eigenvalue weighted by molar-refractivity contribution is 0.0663. The van der Waals surface area contributed by atoms with E-state index >= 15 is 0 Å². The zero-order chi connectivity index (χ0) is 15.5. The third-order valence-electron chi connectivity index (χ3n) is 4.22. The molecule has 3 rings (SSSR count). The quantitative estimate of drug-likeness (QED) is 0.936. The molecule has 0 saturated carbocycles. The summed E-state index contributed by atoms with van der Waals surface area (Å²) in [6.45, 7) is 6.75. The van der Waals surface area contributed by atoms with Gasteiger partial charge in [0.25, 0.3) is 0 Å². The molecule has 1 aliphatic heterocycles. The van der Waals surface area contributed by atoms with Gasteiger partial charge in [0.15, 0.2) is 0 Å². The van der Waals surface area contributed by atoms with Gasteiger partial charge in [-0.15, -0.1) is 0 Å². The van der Waals surface area contributed by atoms with E-state index in [1.54, 1.807) is 0 Å². The number of likely N-dealkylation sites (tertiary alicyclic amines) is 1. The molecule has 1 N–H and O–H groups in total. The molecule has 22 heavy (non-hydrogen) atoms. The fourth-order valence-corrected chi connectivity index (χ4v) is 3.24. The maximum absolute atomic E-state index is 9.91. The van der Waals surface area contributed by atoms with Crippen LogP contribution in [0.15, 0.2) is 36.4 Å². The molecule has 3 heteroatoms. The number of rotatable bonds is 4. The molecule has 2 aromatic carbocycles. The SMILES string of the molecule is CC(C)Oc1ccc2ccccc2c1CN1CCCC(O)C1. The highest BCUT2D eigenvalue weighted by atomic mass is 16.5. The largest absolute Gasteiger partial charge is 0.491 e. The first kappa shape index (κ1) is 15.3. The second kappa shape index (κ2) is 6.67. The first-order valence-electron chi connectivity index (χ1n) is 8.21. The standard InChI is InChI=1S/C19H25NO2/c1-14(2)22-19-10-9-15-6-3-4-8-17(15)18(19)13-20-11-5-7-16(21)12-20/h3-4,6,8-10,14,16,21H,5,7,11-13H2,1-2H3. The Kier molecular flexibility index (Phi) is 4.65. The van der Waals surface area contributed by atoms with Gasteiger partial charge in [-0.1, -0.05) is 30.3 Å². The number of fused-ring (bicyclic) bond motifs is 1. The average molecular weight is 299 g/mol. The zero-order valence-corrected chi connectivity index (χ0v) is 13.5. The van der Waals surface area contributed by atoms with Gasteiger partial charge in [0.05, 0.1) is 12.2 Å². The number of hydrogen-bond acceptors (Lipinski definition) is 3. The Labute approximate surface area is 132 Å². The molecular formula is C19H25NO2. The number of hydrogen-bond donors (Lipinski definition) is 1. The van der Waals surface area contributed by atoms with E-state index in [-0.39, 0.29) is 12.2 Å². The predicted molar refractivity (Wildman–Crippen MR) is 90.2 cm³/mol. The minimum atomic E-state index is -0.196. The minimum absolute atomic E-state index is 0.159. The Bertz CT molecular complexity index is 638. The van der Waals surface area contributed by atoms with Gasteiger partial charge in [-0.3, -0.25) is 4.90 Å². The molecule has 0 aromatic heterocycles. The first-order valence-corrected chi connectivity index (χ1v) is 8.21. The fraction of sp³-hybridized carbons (Fsp3) is 0.474. The molecule has 0 spiro atoms. The Morgan fingerprint density at radius 1 is 1.23 bits per heavy atom. The van der Waals surface area contributed by atoms with Crippen molar-refractivity contribution in [3.8, 4) is 5.75 Å². The predicted octanol–water partition coefficient (Wildman–Crippen LogP) is 3.58. The normalized spacial score (nSPS) is 19.7. The van der Waals surface area contributed by atoms with Crippen LogP contribution in [0.25, 0.3) is 10.8 Å². The van der Waals surface area contributed by atoms with Crippen LogP contribution < -0.4 is 4.74 Å². The molecule has 1 atom stereocenters. The van der Waals surface area contributed by atoms with E-state index in [4.69, 9.17) is 4.74 Å². The van der Waals surface area contributed by atoms with Crippen molar-refractivity contribution in [2.24, 2.45) is 0 Å². The number of aliphatic hydroxyl groups excluding tert-OH is 1. The van der Waals surface area contributed by atoms with Crippen molar-refractivity contribution in [3.63, 3.8) is 0 Å². The van der Waals surface area contributed by atoms with Crippen molar-refractivity contribution in [3.05, 3.63) is 42.0 Å². The zero-order valence-electron chi connectivity index (χ0n) is 13.5. The summed E-state index contributed by atoms with van der Waals surface area (Å²) >= 11 is 0. The number of β-amino-alcohol motifs (C(OH)–C–C–N with tert-alkyl or cyclic N) is 1. The summed E-state index contributed by atoms with van der Waals surface area (Å²) in [4.78, 5) is 2.34. The average Bonchev–Trinajstić information content (AvgIpc) is 2.49. The summed E-state index contributed by atoms with van der Waals surface area (Å²) in [6.07, 6.45) is 1.94. The molecule has 1 fully saturated rings. The topological polar surface area (TPSA) is 32.7 Å². The van der Waals surface area contributed by atoms with E-state index in [2.05, 4.69) is 55.1 Å². The van der Waals surface area contributed by atoms with Crippen LogP contribution in [0.5, 0.6) is 5.75 Å². The van der Waals surface area contributed by atoms with Crippen LogP contribution in [-0.2, 0) is 6.54 Å². The number of ether oxygens (including phenoxy) is 1. The van der Waals surface area contributed by atoms with E-state index in [1.165, 1.54) is 16.3 Å². The van der Waals surface area contributed by atoms with Crippen molar-refractivity contribution < 1.29 is 9.84 Å². The Morgan fingerprint density at radius 3 is 2.82 bits per heavy atom. The molecular weight excluding hydrogens is 274 g/mol. The van der Waals surface area contributed by atoms with Crippen LogP contribution >= 0.6 is 0 Å². The van der Waals surface area contributed by atoms with Crippen LogP contribution in [0, 0.1) is 0 Å². The summed E-state index contributed by atoms with van der Waals surface area (Å²) in [5.74, 6) is 0.966. The fourth-order valence-electron chi connectivity index (χ4n) is 3.24. The number of benzene rings is 2. The van der Waals surface area contributed by atoms with Crippen LogP contribution in [-0.4, -0.2) is 35.3 Å². The minimum Gasteiger partial charge on any atom is -0.491 e. The molecule has 0 amide bonds. The molecule has 1 saturated heterocycles. The van der Waals surface area contributed by atoms with Gasteiger partial charge in [-0.25, -0.2) is 0 Å². The Hall–Kier alpha value is -1.58. The summed E-state index contributed by atoms with van der Waals surface area (Å²) in [6, 6.07) is 12.7. The van der Waals surface area contributed by atoms with Gasteiger partial charge >= 0.3 is 0 Å². The van der Waals surface area contributed by atoms with Gasteiger partial charge in [-0.05, 0) is 50.1 Å². The van der Waals surface area contributed by atoms with E-state index < -0.39 is 0 Å². The highest BCUT2D eigenvalue weighted by molar-refractivity contribution is 5.87. The molecule has 1 aliphatic rings. The molecule has 3 nitrogen and oxygen atoms in total. The van der Waals surface area contributed by atoms with E-state index in [0.717, 1.165) is 38.2 Å². The van der Waals surface area contributed by atoms with Crippen molar-refractivity contribution >= 4 is 10.8 Å². The third kappa shape index (κ3) is 3.42. The van der Waals surface area contributed by atoms with Crippen molar-refractivity contribution in [1.82, 2.24) is 4.90 Å². The monoisotopic (exact) mass is 299 g/mol. The van der Waals surface area contributed by atoms with Crippen LogP contribution in [0.2, 0.25) is 0 Å². The van der Waals surface area contributed by atoms with Crippen molar-refractivity contribution in [2.45, 2.75) is 45.4 Å². The number of piperidine rings is 1. The Balaban J connectivity index is 1.96. The lowest BCUT2D eigenvalue weighted by Gasteiger charge is -2.31. The van der Waals surface area contributed by atoms with Gasteiger partial charge in [0, 0.05) is 18.7 Å². The summed E-state index contributed by atoms with van der Waals surface area (Å²) in [7, 11) is 0. The van der Waals surface area contributed by atoms with Crippen molar-refractivity contribution in [2.75, 3.05) is 13.1 Å². The van der Waals surface area contributed by atoms with E-state index in [9.17, 15) is 5.11 Å². The highest BCUT2D eigenvalue weighted by Gasteiger charge is 2.20. The number of aliphatic hydroxyl groups is 1. The van der Waals surface area contributed by atoms with Gasteiger partial charge in [0.2, 0.25) is 0 Å². The molecule has 0 bridgehead atoms. The molecule has 0 radical (unpaired) electrons. The first-order chi connectivity index (χ1) is 10.6. The summed E-state index contributed by atoms with van der Waals surface area (Å²) in [5.41, 5.74) is 1.24. The summed E-state index contributed by atoms with van der Waals surface area (Å²) in [5, 5.41) is 12.4. The molecule has 1 unspecified atom stereocenters. The summed E-state index contributed by atoms with van der Waals surface area (Å²) < 4.78 is 6.03. The molecule has 2 aromatic rings. The maximum atomic E-state index is 9.91. The maximum Gasteiger partial charge on any atom is 0.124 e. The van der Waals surface area contributed by atoms with E-state index in [1.807, 2.05) is 0 Å². The van der Waals surface area contributed by atoms with E-state index in [0.29, 0.717) is 0 Å². The van der Waals surface area contributed by atoms with Crippen molar-refractivity contribution in [1.29, 1.82) is 0 Å². The molecule has 1 heterocycles. The second-order valence-corrected chi connectivity index (χ2v) is 6.46. The van der Waals surface area contributed by atoms with Crippen LogP contribution in [0.4, 0.5) is 0 Å². The third-order valence-corrected chi connectivity index (χ3v) is 4.22. The lowest BCUT2D eigenvalue weighted by Crippen LogP contribution is -2.37. The highest BCUT2D eigenvalue weighted by Crippen LogP contribution is 2.30. The Morgan fingerprint density at radius 2 is 2.05 bits per heavy atom.